The van der Waals surface area contributed by atoms with E-state index in [1.54, 1.807) is 17.0 Å². The molecule has 42 heavy (non-hydrogen) atoms. The number of likely N-dealkylation sites (tertiary alicyclic amines) is 1. The minimum absolute atomic E-state index is 0.0145. The molecule has 1 aromatic heterocycles. The number of rotatable bonds is 8. The van der Waals surface area contributed by atoms with Crippen LogP contribution < -0.4 is 20.3 Å². The average Bonchev–Trinajstić information content (AvgIpc) is 3.30. The van der Waals surface area contributed by atoms with Crippen LogP contribution >= 0.6 is 11.3 Å². The maximum Gasteiger partial charge on any atom is 0.393 e. The van der Waals surface area contributed by atoms with Gasteiger partial charge in [-0.25, -0.2) is 8.78 Å². The van der Waals surface area contributed by atoms with Crippen LogP contribution in [0.15, 0.2) is 30.3 Å². The van der Waals surface area contributed by atoms with Gasteiger partial charge in [0.15, 0.2) is 0 Å². The number of benzene rings is 2. The number of alkyl halides is 4. The Bertz CT molecular complexity index is 1440. The van der Waals surface area contributed by atoms with Gasteiger partial charge in [-0.1, -0.05) is 24.0 Å². The van der Waals surface area contributed by atoms with Crippen LogP contribution in [0.4, 0.5) is 39.0 Å². The Labute approximate surface area is 245 Å². The van der Waals surface area contributed by atoms with Crippen LogP contribution in [-0.2, 0) is 11.2 Å². The lowest BCUT2D eigenvalue weighted by Gasteiger charge is -2.30. The number of halogens is 5. The molecule has 0 atom stereocenters. The summed E-state index contributed by atoms with van der Waals surface area (Å²) in [7, 11) is 2.07. The van der Waals surface area contributed by atoms with Crippen molar-refractivity contribution < 1.29 is 31.4 Å². The Kier molecular flexibility index (Phi) is 9.60. The van der Waals surface area contributed by atoms with Crippen molar-refractivity contribution >= 4 is 38.5 Å². The molecule has 12 heteroatoms. The maximum atomic E-state index is 15.0. The quantitative estimate of drug-likeness (QED) is 0.233. The second kappa shape index (κ2) is 13.4. The summed E-state index contributed by atoms with van der Waals surface area (Å²) < 4.78 is 80.0. The van der Waals surface area contributed by atoms with Gasteiger partial charge in [-0.15, -0.1) is 11.3 Å². The van der Waals surface area contributed by atoms with Crippen LogP contribution in [0.1, 0.15) is 23.3 Å². The average molecular weight is 609 g/mol. The predicted octanol–water partition coefficient (Wildman–Crippen LogP) is 6.26. The molecule has 0 radical (unpaired) electrons. The van der Waals surface area contributed by atoms with Gasteiger partial charge in [0.25, 0.3) is 0 Å². The first-order chi connectivity index (χ1) is 20.2. The van der Waals surface area contributed by atoms with Crippen LogP contribution in [0.3, 0.4) is 0 Å². The van der Waals surface area contributed by atoms with E-state index in [0.29, 0.717) is 36.6 Å². The molecule has 2 aromatic carbocycles. The molecule has 3 heterocycles. The lowest BCUT2D eigenvalue weighted by atomic mass is 10.0. The molecule has 0 saturated carbocycles. The first-order valence-electron chi connectivity index (χ1n) is 13.9. The minimum Gasteiger partial charge on any atom is -0.461 e. The van der Waals surface area contributed by atoms with Crippen molar-refractivity contribution in [1.82, 2.24) is 4.90 Å². The largest absolute Gasteiger partial charge is 0.461 e. The molecule has 0 bridgehead atoms. The van der Waals surface area contributed by atoms with E-state index in [4.69, 9.17) is 9.47 Å². The van der Waals surface area contributed by atoms with E-state index in [9.17, 15) is 22.0 Å². The van der Waals surface area contributed by atoms with Crippen LogP contribution in [0, 0.1) is 17.7 Å². The molecule has 2 aliphatic heterocycles. The summed E-state index contributed by atoms with van der Waals surface area (Å²) in [5.41, 5.74) is 1.44. The molecule has 0 unspecified atom stereocenters. The predicted molar refractivity (Wildman–Crippen MR) is 157 cm³/mol. The molecule has 2 saturated heterocycles. The normalized spacial score (nSPS) is 16.8. The third-order valence-corrected chi connectivity index (χ3v) is 8.65. The number of ether oxygens (including phenoxy) is 2. The highest BCUT2D eigenvalue weighted by molar-refractivity contribution is 7.20. The highest BCUT2D eigenvalue weighted by atomic mass is 32.1. The number of nitrogens with one attached hydrogen (secondary N) is 2. The third kappa shape index (κ3) is 7.38. The van der Waals surface area contributed by atoms with E-state index in [1.807, 2.05) is 6.07 Å². The van der Waals surface area contributed by atoms with Crippen LogP contribution in [0.2, 0.25) is 0 Å². The number of thiophene rings is 1. The van der Waals surface area contributed by atoms with Gasteiger partial charge in [-0.3, -0.25) is 0 Å². The first-order valence-corrected chi connectivity index (χ1v) is 14.7. The van der Waals surface area contributed by atoms with Gasteiger partial charge in [-0.2, -0.15) is 13.2 Å². The Hall–Kier alpha value is -3.27. The fourth-order valence-corrected chi connectivity index (χ4v) is 6.47. The molecule has 2 fully saturated rings. The van der Waals surface area contributed by atoms with Gasteiger partial charge in [0.1, 0.15) is 11.6 Å². The number of anilines is 3. The molecule has 0 aliphatic carbocycles. The second-order valence-corrected chi connectivity index (χ2v) is 11.4. The maximum absolute atomic E-state index is 15.0. The fraction of sp³-hybridized carbons (Fsp3) is 0.467. The van der Waals surface area contributed by atoms with Gasteiger partial charge in [0.05, 0.1) is 52.8 Å². The number of hydrogen-bond donors (Lipinski definition) is 2. The number of piperidine rings is 1. The van der Waals surface area contributed by atoms with Crippen molar-refractivity contribution in [3.05, 3.63) is 46.6 Å². The molecule has 2 N–H and O–H groups in total. The summed E-state index contributed by atoms with van der Waals surface area (Å²) in [6.07, 6.45) is -3.59. The number of hydrogen-bond acceptors (Lipinski definition) is 7. The molecule has 3 aromatic rings. The molecule has 0 spiro atoms. The third-order valence-electron chi connectivity index (χ3n) is 7.45. The lowest BCUT2D eigenvalue weighted by Crippen LogP contribution is -2.36. The van der Waals surface area contributed by atoms with E-state index in [1.165, 1.54) is 23.5 Å². The monoisotopic (exact) mass is 608 g/mol. The van der Waals surface area contributed by atoms with Crippen molar-refractivity contribution in [2.45, 2.75) is 31.5 Å². The first kappa shape index (κ1) is 30.2. The van der Waals surface area contributed by atoms with Crippen LogP contribution in [0.5, 0.6) is 5.75 Å². The van der Waals surface area contributed by atoms with Crippen molar-refractivity contribution in [3.63, 3.8) is 0 Å². The van der Waals surface area contributed by atoms with Gasteiger partial charge in [0.2, 0.25) is 6.86 Å². The van der Waals surface area contributed by atoms with E-state index >= 15 is 0 Å². The Morgan fingerprint density at radius 3 is 2.57 bits per heavy atom. The Morgan fingerprint density at radius 1 is 1.10 bits per heavy atom. The molecule has 226 valence electrons. The van der Waals surface area contributed by atoms with Gasteiger partial charge in [-0.05, 0) is 50.0 Å². The van der Waals surface area contributed by atoms with Crippen molar-refractivity contribution in [1.29, 1.82) is 0 Å². The highest BCUT2D eigenvalue weighted by Gasteiger charge is 2.31. The summed E-state index contributed by atoms with van der Waals surface area (Å²) in [5.74, 6) is 5.37. The molecule has 0 amide bonds. The zero-order valence-corrected chi connectivity index (χ0v) is 24.1. The zero-order valence-electron chi connectivity index (χ0n) is 23.3. The standard InChI is InChI=1S/C30H33F5N4O2S/c1-38-10-7-20(8-11-38)37-24-5-2-4-21-22(18-30(33,34)35)28(42-29(21)24)6-3-9-36-25-16-23(32)26(17-27(25)41-19-31)39-12-14-40-15-13-39/h2,4-5,16-17,20,36-37H,7-15,18-19H2,1H3. The van der Waals surface area contributed by atoms with Gasteiger partial charge >= 0.3 is 6.18 Å². The molecular formula is C30H33F5N4O2S. The van der Waals surface area contributed by atoms with E-state index in [2.05, 4.69) is 34.4 Å². The fourth-order valence-electron chi connectivity index (χ4n) is 5.30. The van der Waals surface area contributed by atoms with Crippen LogP contribution in [-0.4, -0.2) is 77.0 Å². The topological polar surface area (TPSA) is 49.0 Å². The van der Waals surface area contributed by atoms with Gasteiger partial charge in [0, 0.05) is 31.3 Å². The number of morpholine rings is 1. The van der Waals surface area contributed by atoms with E-state index in [-0.39, 0.29) is 35.3 Å². The summed E-state index contributed by atoms with van der Waals surface area (Å²) in [6.45, 7) is 2.70. The van der Waals surface area contributed by atoms with Crippen LogP contribution in [0.25, 0.3) is 10.1 Å². The molecular weight excluding hydrogens is 575 g/mol. The smallest absolute Gasteiger partial charge is 0.393 e. The zero-order chi connectivity index (χ0) is 29.7. The summed E-state index contributed by atoms with van der Waals surface area (Å²) in [6, 6.07) is 8.26. The van der Waals surface area contributed by atoms with E-state index < -0.39 is 25.3 Å². The highest BCUT2D eigenvalue weighted by Crippen LogP contribution is 2.39. The molecule has 6 nitrogen and oxygen atoms in total. The lowest BCUT2D eigenvalue weighted by molar-refractivity contribution is -0.126. The van der Waals surface area contributed by atoms with Crippen molar-refractivity contribution in [3.8, 4) is 17.6 Å². The van der Waals surface area contributed by atoms with Crippen molar-refractivity contribution in [2.75, 3.05) is 75.4 Å². The Balaban J connectivity index is 1.38. The Morgan fingerprint density at radius 2 is 1.86 bits per heavy atom. The van der Waals surface area contributed by atoms with E-state index in [0.717, 1.165) is 36.3 Å². The number of fused-ring (bicyclic) bond motifs is 1. The minimum atomic E-state index is -4.40. The number of nitrogens with zero attached hydrogens (tertiary/aromatic N) is 2. The summed E-state index contributed by atoms with van der Waals surface area (Å²) in [4.78, 5) is 4.38. The SMILES string of the molecule is CN1CCC(Nc2cccc3c(CC(F)(F)F)c(C#CCNc4cc(F)c(N5CCOCC5)cc4OCF)sc23)CC1. The summed E-state index contributed by atoms with van der Waals surface area (Å²) in [5, 5.41) is 7.00. The molecule has 5 rings (SSSR count). The van der Waals surface area contributed by atoms with Gasteiger partial charge < -0.3 is 29.9 Å². The summed E-state index contributed by atoms with van der Waals surface area (Å²) >= 11 is 1.23. The second-order valence-electron chi connectivity index (χ2n) is 10.4. The molecule has 2 aliphatic rings. The van der Waals surface area contributed by atoms with Crippen molar-refractivity contribution in [2.24, 2.45) is 0 Å².